The van der Waals surface area contributed by atoms with Gasteiger partial charge in [-0.05, 0) is 37.5 Å². The Morgan fingerprint density at radius 3 is 2.38 bits per heavy atom. The summed E-state index contributed by atoms with van der Waals surface area (Å²) in [6.07, 6.45) is 2.51. The van der Waals surface area contributed by atoms with E-state index in [0.717, 1.165) is 19.3 Å². The first-order valence-corrected chi connectivity index (χ1v) is 10.5. The summed E-state index contributed by atoms with van der Waals surface area (Å²) in [6.45, 7) is 0. The lowest BCUT2D eigenvalue weighted by atomic mass is 9.85. The van der Waals surface area contributed by atoms with Crippen LogP contribution in [0.25, 0.3) is 0 Å². The van der Waals surface area contributed by atoms with Gasteiger partial charge >= 0.3 is 5.97 Å². The number of nitrogens with one attached hydrogen (secondary N) is 1. The second-order valence-electron chi connectivity index (χ2n) is 6.41. The smallest absolute Gasteiger partial charge is 0.308 e. The molecule has 0 aromatic carbocycles. The molecule has 7 nitrogen and oxygen atoms in total. The Balaban J connectivity index is 1.78. The van der Waals surface area contributed by atoms with Crippen LogP contribution in [0.4, 0.5) is 0 Å². The number of rotatable bonds is 4. The second-order valence-corrected chi connectivity index (χ2v) is 10.6. The van der Waals surface area contributed by atoms with Crippen LogP contribution in [0.1, 0.15) is 25.7 Å². The molecule has 2 saturated carbocycles. The molecule has 1 aliphatic heterocycles. The van der Waals surface area contributed by atoms with Crippen molar-refractivity contribution in [3.05, 3.63) is 0 Å². The first kappa shape index (κ1) is 15.2. The summed E-state index contributed by atoms with van der Waals surface area (Å²) in [6, 6.07) is -0.588. The highest BCUT2D eigenvalue weighted by atomic mass is 32.2. The number of fused-ring (bicyclic) bond motifs is 2. The fourth-order valence-electron chi connectivity index (χ4n) is 4.11. The molecule has 0 amide bonds. The van der Waals surface area contributed by atoms with Crippen LogP contribution in [0.5, 0.6) is 0 Å². The fraction of sp³-hybridized carbons (Fsp3) is 0.917. The second kappa shape index (κ2) is 4.92. The Hall–Kier alpha value is -0.670. The number of hydrogen-bond donors (Lipinski definition) is 2. The molecule has 2 N–H and O–H groups in total. The number of aliphatic carboxylic acids is 1. The highest BCUT2D eigenvalue weighted by Crippen LogP contribution is 2.49. The minimum absolute atomic E-state index is 0.0347. The highest BCUT2D eigenvalue weighted by Gasteiger charge is 2.53. The van der Waals surface area contributed by atoms with Crippen LogP contribution in [-0.2, 0) is 24.7 Å². The van der Waals surface area contributed by atoms with Gasteiger partial charge in [0.1, 0.15) is 0 Å². The number of hydrogen-bond acceptors (Lipinski definition) is 5. The number of carbonyl (C=O) groups is 1. The molecule has 21 heavy (non-hydrogen) atoms. The molecule has 3 aliphatic rings. The van der Waals surface area contributed by atoms with Crippen molar-refractivity contribution in [3.8, 4) is 0 Å². The molecular weight excluding hydrogens is 318 g/mol. The molecule has 1 saturated heterocycles. The van der Waals surface area contributed by atoms with Gasteiger partial charge in [0.2, 0.25) is 10.0 Å². The van der Waals surface area contributed by atoms with E-state index in [0.29, 0.717) is 0 Å². The van der Waals surface area contributed by atoms with Crippen molar-refractivity contribution < 1.29 is 26.7 Å². The average Bonchev–Trinajstić information content (AvgIpc) is 3.02. The van der Waals surface area contributed by atoms with Crippen LogP contribution in [-0.4, -0.2) is 50.7 Å². The molecule has 2 bridgehead atoms. The highest BCUT2D eigenvalue weighted by molar-refractivity contribution is 7.95. The normalized spacial score (nSPS) is 41.4. The van der Waals surface area contributed by atoms with E-state index in [1.54, 1.807) is 0 Å². The van der Waals surface area contributed by atoms with Crippen molar-refractivity contribution in [2.24, 2.45) is 17.8 Å². The van der Waals surface area contributed by atoms with Crippen molar-refractivity contribution in [3.63, 3.8) is 0 Å². The molecule has 2 aliphatic carbocycles. The van der Waals surface area contributed by atoms with Crippen LogP contribution >= 0.6 is 0 Å². The fourth-order valence-corrected chi connectivity index (χ4v) is 8.48. The Labute approximate surface area is 124 Å². The summed E-state index contributed by atoms with van der Waals surface area (Å²) in [5.41, 5.74) is 0. The first-order valence-electron chi connectivity index (χ1n) is 7.14. The molecule has 0 radical (unpaired) electrons. The zero-order valence-electron chi connectivity index (χ0n) is 11.4. The minimum Gasteiger partial charge on any atom is -0.481 e. The predicted octanol–water partition coefficient (Wildman–Crippen LogP) is -0.408. The van der Waals surface area contributed by atoms with E-state index in [4.69, 9.17) is 0 Å². The molecule has 3 rings (SSSR count). The van der Waals surface area contributed by atoms with Gasteiger partial charge in [0.25, 0.3) is 0 Å². The Kier molecular flexibility index (Phi) is 3.57. The molecule has 9 heteroatoms. The van der Waals surface area contributed by atoms with E-state index in [2.05, 4.69) is 4.72 Å². The zero-order chi connectivity index (χ0) is 15.4. The number of carboxylic acid groups (broad SMARTS) is 1. The van der Waals surface area contributed by atoms with Crippen molar-refractivity contribution in [1.29, 1.82) is 0 Å². The molecule has 0 spiro atoms. The molecule has 120 valence electrons. The molecule has 0 aromatic heterocycles. The summed E-state index contributed by atoms with van der Waals surface area (Å²) in [4.78, 5) is 11.4. The van der Waals surface area contributed by atoms with E-state index in [1.165, 1.54) is 0 Å². The van der Waals surface area contributed by atoms with Gasteiger partial charge in [0.05, 0.1) is 22.7 Å². The van der Waals surface area contributed by atoms with Gasteiger partial charge in [-0.2, -0.15) is 0 Å². The lowest BCUT2D eigenvalue weighted by molar-refractivity contribution is -0.144. The lowest BCUT2D eigenvalue weighted by Gasteiger charge is -2.29. The van der Waals surface area contributed by atoms with Crippen LogP contribution < -0.4 is 4.72 Å². The van der Waals surface area contributed by atoms with Gasteiger partial charge in [-0.1, -0.05) is 0 Å². The lowest BCUT2D eigenvalue weighted by Crippen LogP contribution is -2.49. The maximum atomic E-state index is 12.4. The van der Waals surface area contributed by atoms with Gasteiger partial charge in [0, 0.05) is 6.04 Å². The van der Waals surface area contributed by atoms with Crippen LogP contribution in [0.15, 0.2) is 0 Å². The van der Waals surface area contributed by atoms with Crippen molar-refractivity contribution in [1.82, 2.24) is 4.72 Å². The zero-order valence-corrected chi connectivity index (χ0v) is 13.1. The molecule has 3 fully saturated rings. The quantitative estimate of drug-likeness (QED) is 0.720. The molecule has 1 heterocycles. The van der Waals surface area contributed by atoms with E-state index in [1.807, 2.05) is 0 Å². The largest absolute Gasteiger partial charge is 0.481 e. The van der Waals surface area contributed by atoms with Gasteiger partial charge < -0.3 is 5.11 Å². The van der Waals surface area contributed by atoms with Crippen molar-refractivity contribution >= 4 is 25.8 Å². The third-order valence-corrected chi connectivity index (χ3v) is 8.99. The van der Waals surface area contributed by atoms with E-state index in [9.17, 15) is 26.7 Å². The van der Waals surface area contributed by atoms with E-state index in [-0.39, 0.29) is 29.8 Å². The SMILES string of the molecule is O=C(O)C1C2CCC(C2)C1NS(=O)(=O)C1CCS(=O)(=O)C1. The first-order chi connectivity index (χ1) is 9.70. The standard InChI is InChI=1S/C12H19NO6S2/c14-12(15)10-7-1-2-8(5-7)11(10)13-21(18,19)9-3-4-20(16,17)6-9/h7-11,13H,1-6H2,(H,14,15). The van der Waals surface area contributed by atoms with Crippen molar-refractivity contribution in [2.45, 2.75) is 37.0 Å². The number of sulfone groups is 1. The Morgan fingerprint density at radius 2 is 1.81 bits per heavy atom. The molecule has 0 aromatic rings. The molecular formula is C12H19NO6S2. The van der Waals surface area contributed by atoms with Crippen LogP contribution in [0.3, 0.4) is 0 Å². The Morgan fingerprint density at radius 1 is 1.14 bits per heavy atom. The van der Waals surface area contributed by atoms with Gasteiger partial charge in [0.15, 0.2) is 9.84 Å². The summed E-state index contributed by atoms with van der Waals surface area (Å²) >= 11 is 0. The van der Waals surface area contributed by atoms with Crippen LogP contribution in [0, 0.1) is 17.8 Å². The summed E-state index contributed by atoms with van der Waals surface area (Å²) < 4.78 is 50.1. The average molecular weight is 337 g/mol. The topological polar surface area (TPSA) is 118 Å². The number of carboxylic acids is 1. The van der Waals surface area contributed by atoms with Gasteiger partial charge in [-0.25, -0.2) is 21.6 Å². The minimum atomic E-state index is -3.80. The molecule has 5 unspecified atom stereocenters. The summed E-state index contributed by atoms with van der Waals surface area (Å²) in [5, 5.41) is 8.37. The van der Waals surface area contributed by atoms with Crippen molar-refractivity contribution in [2.75, 3.05) is 11.5 Å². The maximum absolute atomic E-state index is 12.4. The monoisotopic (exact) mass is 337 g/mol. The summed E-state index contributed by atoms with van der Waals surface area (Å²) in [5.74, 6) is -2.03. The van der Waals surface area contributed by atoms with Gasteiger partial charge in [-0.3, -0.25) is 4.79 Å². The molecule has 5 atom stereocenters. The predicted molar refractivity (Wildman–Crippen MR) is 74.9 cm³/mol. The number of sulfonamides is 1. The Bertz CT molecular complexity index is 655. The van der Waals surface area contributed by atoms with E-state index >= 15 is 0 Å². The van der Waals surface area contributed by atoms with Gasteiger partial charge in [-0.15, -0.1) is 0 Å². The third kappa shape index (κ3) is 2.70. The summed E-state index contributed by atoms with van der Waals surface area (Å²) in [7, 11) is -7.08. The van der Waals surface area contributed by atoms with E-state index < -0.39 is 43.0 Å². The van der Waals surface area contributed by atoms with Crippen LogP contribution in [0.2, 0.25) is 0 Å². The third-order valence-electron chi connectivity index (χ3n) is 5.13. The maximum Gasteiger partial charge on any atom is 0.308 e.